The molecule has 5 aliphatic rings. The summed E-state index contributed by atoms with van der Waals surface area (Å²) in [5, 5.41) is 7.95. The molecule has 0 spiro atoms. The third kappa shape index (κ3) is 16.2. The molecule has 9 aromatic rings. The van der Waals surface area contributed by atoms with Crippen LogP contribution in [0.2, 0.25) is 0 Å². The molecule has 4 aromatic carbocycles. The Hall–Kier alpha value is -7.08. The van der Waals surface area contributed by atoms with E-state index < -0.39 is 42.0 Å². The summed E-state index contributed by atoms with van der Waals surface area (Å²) in [7, 11) is -7.85. The van der Waals surface area contributed by atoms with Gasteiger partial charge in [-0.1, -0.05) is 0 Å². The molecule has 0 unspecified atom stereocenters. The Morgan fingerprint density at radius 1 is 0.521 bits per heavy atom. The van der Waals surface area contributed by atoms with Gasteiger partial charge in [0.15, 0.2) is 5.75 Å². The first-order valence-electron chi connectivity index (χ1n) is 31.7. The van der Waals surface area contributed by atoms with Gasteiger partial charge in [-0.25, -0.2) is 51.4 Å². The van der Waals surface area contributed by atoms with Crippen molar-refractivity contribution >= 4 is 79.6 Å². The zero-order valence-electron chi connectivity index (χ0n) is 52.2. The van der Waals surface area contributed by atoms with Crippen molar-refractivity contribution in [2.75, 3.05) is 77.6 Å². The number of H-pyrrole nitrogens is 4. The van der Waals surface area contributed by atoms with Gasteiger partial charge in [0.05, 0.1) is 18.6 Å². The minimum absolute atomic E-state index is 0.0283. The lowest BCUT2D eigenvalue weighted by Gasteiger charge is -2.32. The molecule has 5 fully saturated rings. The number of hydrogen-bond acceptors (Lipinski definition) is 9. The highest BCUT2D eigenvalue weighted by Crippen LogP contribution is 2.40. The van der Waals surface area contributed by atoms with E-state index in [0.29, 0.717) is 68.2 Å². The number of carbonyl (C=O) groups is 1. The quantitative estimate of drug-likeness (QED) is 0.0759. The fourth-order valence-corrected chi connectivity index (χ4v) is 17.8. The Bertz CT molecular complexity index is 4460. The zero-order valence-corrected chi connectivity index (χ0v) is 54.6. The van der Waals surface area contributed by atoms with Crippen molar-refractivity contribution in [2.24, 2.45) is 13.0 Å². The normalized spacial score (nSPS) is 18.3. The number of fused-ring (bicyclic) bond motifs is 4. The second-order valence-corrected chi connectivity index (χ2v) is 31.1. The first-order chi connectivity index (χ1) is 44.8. The minimum Gasteiger partial charge on any atom is -0.384 e. The number of alkyl halides is 3. The fourth-order valence-electron chi connectivity index (χ4n) is 13.6. The van der Waals surface area contributed by atoms with Gasteiger partial charge in [-0.15, -0.1) is 0 Å². The first-order valence-corrected chi connectivity index (χ1v) is 36.3. The molecule has 4 saturated heterocycles. The molecule has 0 bridgehead atoms. The summed E-state index contributed by atoms with van der Waals surface area (Å²) in [5.74, 6) is -0.838. The zero-order chi connectivity index (χ0) is 66.7. The summed E-state index contributed by atoms with van der Waals surface area (Å²) < 4.78 is 174. The summed E-state index contributed by atoms with van der Waals surface area (Å²) in [6.45, 7) is 4.00. The van der Waals surface area contributed by atoms with Gasteiger partial charge in [-0.2, -0.15) is 22.6 Å². The maximum Gasteiger partial charge on any atom is 0.404 e. The molecule has 4 aliphatic heterocycles. The molecular weight excluding hydrogens is 1290 g/mol. The predicted octanol–water partition coefficient (Wildman–Crippen LogP) is 12.3. The second kappa shape index (κ2) is 28.7. The molecule has 0 radical (unpaired) electrons. The van der Waals surface area contributed by atoms with Crippen molar-refractivity contribution in [1.29, 1.82) is 0 Å². The summed E-state index contributed by atoms with van der Waals surface area (Å²) in [4.78, 5) is 26.8. The SMILES string of the molecule is COCCS(=O)(=O)N1CCC(c2c[nH]c3cc(F)ccc23)CC1.Cn1cc(S(=O)(=O)N2CCC(c3c[nH]c4cc(F)ccc34)CC2)cn1.O=C(CC1CC1)N1CCC(c2c[nH]c3cc(F)ccc23)CC1.O=S(=O)(CC(F)(F)F)N1CCC(c2c[nH]c3cc(F)ccc23)CC1. The van der Waals surface area contributed by atoms with Gasteiger partial charge in [0.1, 0.15) is 28.2 Å². The van der Waals surface area contributed by atoms with E-state index >= 15 is 0 Å². The standard InChI is InChI=1S/C18H21FN2O.C17H19FN4O2S.C16H21FN2O3S.C15H16F4N2O2S/c19-14-3-4-15-16(11-20-17(15)10-14)13-5-7-21(8-6-13)18(22)9-12-1-2-12;1-21-11-14(9-20-21)25(23,24)22-6-4-12(5-7-22)16-10-19-17-8-13(18)2-3-15(16)17;1-22-8-9-23(20,21)19-6-4-12(5-7-19)15-11-18-16-10-13(17)2-3-14(15)16;16-11-1-2-12-13(8-20-14(12)7-11)10-3-5-21(6-4-10)24(22,23)9-15(17,18)19/h3-4,10-13,20H,1-2,5-9H2;2-3,8-12,19H,4-7H2,1H3;2-3,10-12,18H,4-9H2,1H3;1-2,7-8,10,20H,3-6,9H2. The van der Waals surface area contributed by atoms with E-state index in [2.05, 4.69) is 25.0 Å². The van der Waals surface area contributed by atoms with Crippen molar-refractivity contribution in [3.63, 3.8) is 0 Å². The third-order valence-corrected chi connectivity index (χ3v) is 24.4. The van der Waals surface area contributed by atoms with Crippen LogP contribution in [0.1, 0.15) is 117 Å². The summed E-state index contributed by atoms with van der Waals surface area (Å²) in [6, 6.07) is 18.8. The molecule has 94 heavy (non-hydrogen) atoms. The number of nitrogens with zero attached hydrogens (tertiary/aromatic N) is 6. The van der Waals surface area contributed by atoms with Gasteiger partial charge in [0.25, 0.3) is 0 Å². The molecule has 5 aromatic heterocycles. The van der Waals surface area contributed by atoms with Crippen molar-refractivity contribution < 1.29 is 65.5 Å². The van der Waals surface area contributed by atoms with Crippen LogP contribution in [-0.2, 0) is 46.6 Å². The number of halogens is 7. The lowest BCUT2D eigenvalue weighted by Crippen LogP contribution is -2.42. The Morgan fingerprint density at radius 3 is 1.20 bits per heavy atom. The molecule has 1 amide bonds. The van der Waals surface area contributed by atoms with Crippen LogP contribution in [0.5, 0.6) is 0 Å². The highest BCUT2D eigenvalue weighted by Gasteiger charge is 2.40. The number of aromatic amines is 4. The number of likely N-dealkylation sites (tertiary alicyclic amines) is 1. The molecule has 1 saturated carbocycles. The molecule has 9 heterocycles. The lowest BCUT2D eigenvalue weighted by atomic mass is 9.89. The van der Waals surface area contributed by atoms with Crippen LogP contribution in [0.15, 0.2) is 115 Å². The van der Waals surface area contributed by atoms with E-state index in [-0.39, 0.29) is 65.4 Å². The number of carbonyl (C=O) groups excluding carboxylic acids is 1. The van der Waals surface area contributed by atoms with Gasteiger partial charge in [-0.3, -0.25) is 9.48 Å². The van der Waals surface area contributed by atoms with Crippen molar-refractivity contribution in [1.82, 2.24) is 47.5 Å². The molecule has 14 rings (SSSR count). The van der Waals surface area contributed by atoms with Crippen LogP contribution in [0.4, 0.5) is 30.7 Å². The Labute approximate surface area is 541 Å². The monoisotopic (exact) mass is 1370 g/mol. The number of hydrogen-bond donors (Lipinski definition) is 4. The summed E-state index contributed by atoms with van der Waals surface area (Å²) >= 11 is 0. The van der Waals surface area contributed by atoms with E-state index in [1.807, 2.05) is 29.6 Å². The van der Waals surface area contributed by atoms with Crippen molar-refractivity contribution in [2.45, 2.75) is 105 Å². The van der Waals surface area contributed by atoms with Crippen molar-refractivity contribution in [3.8, 4) is 0 Å². The van der Waals surface area contributed by atoms with E-state index in [9.17, 15) is 60.8 Å². The van der Waals surface area contributed by atoms with Crippen LogP contribution in [0.3, 0.4) is 0 Å². The van der Waals surface area contributed by atoms with Crippen LogP contribution in [0, 0.1) is 29.2 Å². The van der Waals surface area contributed by atoms with Crippen LogP contribution in [0.25, 0.3) is 43.6 Å². The van der Waals surface area contributed by atoms with Gasteiger partial charge in [0.2, 0.25) is 36.0 Å². The average molecular weight is 1370 g/mol. The summed E-state index contributed by atoms with van der Waals surface area (Å²) in [6.07, 6.45) is 14.9. The van der Waals surface area contributed by atoms with Crippen LogP contribution in [-0.4, -0.2) is 162 Å². The van der Waals surface area contributed by atoms with Gasteiger partial charge in [-0.05, 0) is 189 Å². The number of aromatic nitrogens is 6. The van der Waals surface area contributed by atoms with Crippen molar-refractivity contribution in [3.05, 3.63) is 156 Å². The highest BCUT2D eigenvalue weighted by molar-refractivity contribution is 7.89. The van der Waals surface area contributed by atoms with Gasteiger partial charge >= 0.3 is 6.18 Å². The number of benzene rings is 4. The largest absolute Gasteiger partial charge is 0.404 e. The Morgan fingerprint density at radius 2 is 0.872 bits per heavy atom. The van der Waals surface area contributed by atoms with E-state index in [1.165, 1.54) is 89.4 Å². The van der Waals surface area contributed by atoms with Crippen LogP contribution >= 0.6 is 0 Å². The highest BCUT2D eigenvalue weighted by atomic mass is 32.2. The molecule has 1 aliphatic carbocycles. The molecule has 4 N–H and O–H groups in total. The van der Waals surface area contributed by atoms with Gasteiger partial charge < -0.3 is 29.6 Å². The molecule has 506 valence electrons. The Balaban J connectivity index is 0.000000128. The first kappa shape index (κ1) is 68.3. The maximum atomic E-state index is 13.3. The smallest absolute Gasteiger partial charge is 0.384 e. The number of sulfonamides is 3. The predicted molar refractivity (Wildman–Crippen MR) is 345 cm³/mol. The molecule has 0 atom stereocenters. The number of piperidine rings is 4. The average Bonchev–Trinajstić information content (AvgIpc) is 1.83. The maximum absolute atomic E-state index is 13.3. The van der Waals surface area contributed by atoms with Gasteiger partial charge in [0, 0.05) is 148 Å². The number of rotatable bonds is 14. The van der Waals surface area contributed by atoms with E-state index in [1.54, 1.807) is 41.8 Å². The number of methoxy groups -OCH3 is 1. The number of ether oxygens (including phenoxy) is 1. The molecule has 28 heteroatoms. The lowest BCUT2D eigenvalue weighted by molar-refractivity contribution is -0.132. The minimum atomic E-state index is -4.74. The number of amides is 1. The van der Waals surface area contributed by atoms with Crippen LogP contribution < -0.4 is 0 Å². The summed E-state index contributed by atoms with van der Waals surface area (Å²) in [5.41, 5.74) is 7.57. The fraction of sp³-hybridized carbons (Fsp3) is 0.455. The molecular formula is C66H77F7N10O8S3. The van der Waals surface area contributed by atoms with E-state index in [0.717, 1.165) is 117 Å². The second-order valence-electron chi connectivity index (χ2n) is 25.1. The number of nitrogens with one attached hydrogen (secondary N) is 4. The van der Waals surface area contributed by atoms with E-state index in [4.69, 9.17) is 4.74 Å². The topological polar surface area (TPSA) is 223 Å². The third-order valence-electron chi connectivity index (χ3n) is 18.8. The number of aryl methyl sites for hydroxylation is 1. The molecule has 18 nitrogen and oxygen atoms in total. The Kier molecular flexibility index (Phi) is 20.9.